The van der Waals surface area contributed by atoms with E-state index in [1.54, 1.807) is 0 Å². The van der Waals surface area contributed by atoms with E-state index >= 15 is 0 Å². The summed E-state index contributed by atoms with van der Waals surface area (Å²) in [4.78, 5) is 11.2. The zero-order valence-electron chi connectivity index (χ0n) is 30.8. The number of hydrogen-bond donors (Lipinski definition) is 0. The fourth-order valence-electron chi connectivity index (χ4n) is 7.88. The summed E-state index contributed by atoms with van der Waals surface area (Å²) in [6.45, 7) is 13.6. The van der Waals surface area contributed by atoms with Crippen molar-refractivity contribution < 1.29 is 0 Å². The number of benzene rings is 6. The van der Waals surface area contributed by atoms with Crippen molar-refractivity contribution in [1.29, 1.82) is 0 Å². The third kappa shape index (κ3) is 7.14. The lowest BCUT2D eigenvalue weighted by Crippen LogP contribution is -2.21. The molecule has 7 rings (SSSR count). The number of aryl methyl sites for hydroxylation is 2. The maximum atomic E-state index is 5.65. The Balaban J connectivity index is 1.42. The molecule has 1 heterocycles. The molecule has 0 saturated carbocycles. The summed E-state index contributed by atoms with van der Waals surface area (Å²) >= 11 is 0. The van der Waals surface area contributed by atoms with Gasteiger partial charge in [-0.2, -0.15) is 0 Å². The van der Waals surface area contributed by atoms with E-state index in [1.807, 2.05) is 0 Å². The lowest BCUT2D eigenvalue weighted by atomic mass is 9.79. The maximum Gasteiger partial charge on any atom is 0.0710 e. The van der Waals surface area contributed by atoms with E-state index in [0.29, 0.717) is 0 Å². The van der Waals surface area contributed by atoms with Gasteiger partial charge in [0.25, 0.3) is 0 Å². The summed E-state index contributed by atoms with van der Waals surface area (Å²) < 4.78 is 0. The Morgan fingerprint density at radius 3 is 1.47 bits per heavy atom. The van der Waals surface area contributed by atoms with Gasteiger partial charge in [-0.05, 0) is 65.3 Å². The Bertz CT molecular complexity index is 2110. The van der Waals surface area contributed by atoms with Crippen LogP contribution >= 0.6 is 0 Å². The minimum atomic E-state index is 0.173. The predicted molar refractivity (Wildman–Crippen MR) is 217 cm³/mol. The van der Waals surface area contributed by atoms with Gasteiger partial charge < -0.3 is 0 Å². The second-order valence-corrected chi connectivity index (χ2v) is 14.4. The maximum absolute atomic E-state index is 5.65. The van der Waals surface area contributed by atoms with Gasteiger partial charge in [0.15, 0.2) is 0 Å². The molecule has 6 aromatic carbocycles. The van der Waals surface area contributed by atoms with E-state index in [4.69, 9.17) is 9.98 Å². The van der Waals surface area contributed by atoms with E-state index in [2.05, 4.69) is 187 Å². The van der Waals surface area contributed by atoms with Crippen molar-refractivity contribution in [3.05, 3.63) is 201 Å². The molecule has 6 aromatic rings. The van der Waals surface area contributed by atoms with Gasteiger partial charge in [-0.3, -0.25) is 9.98 Å². The average Bonchev–Trinajstić information content (AvgIpc) is 3.18. The zero-order chi connectivity index (χ0) is 35.5. The molecular weight excluding hydrogens is 617 g/mol. The minimum absolute atomic E-state index is 0.173. The molecule has 1 aliphatic rings. The minimum Gasteiger partial charge on any atom is -0.251 e. The molecule has 4 atom stereocenters. The van der Waals surface area contributed by atoms with Crippen LogP contribution in [0.3, 0.4) is 0 Å². The van der Waals surface area contributed by atoms with Crippen LogP contribution in [-0.4, -0.2) is 11.4 Å². The fourth-order valence-corrected chi connectivity index (χ4v) is 7.88. The standard InChI is InChI=1S/C49H48N2/c1-32-27-42(34(3)38-19-11-7-12-20-38)48(43(28-32)35(4)39-21-13-8-14-22-39)50-37(6)47-31-45(41-25-17-10-18-26-41)46-30-33(2)29-44(49(46)51-47)36(5)40-23-15-9-16-24-40/h7-30,34-36,45H,31H2,1-6H3/b50-37+/t34-,35-,36-,45-/m1/s1. The normalized spacial score (nSPS) is 16.2. The largest absolute Gasteiger partial charge is 0.251 e. The first-order valence-corrected chi connectivity index (χ1v) is 18.4. The molecule has 0 saturated heterocycles. The third-order valence-corrected chi connectivity index (χ3v) is 10.8. The highest BCUT2D eigenvalue weighted by atomic mass is 14.8. The molecule has 0 aliphatic carbocycles. The van der Waals surface area contributed by atoms with Crippen molar-refractivity contribution in [2.24, 2.45) is 9.98 Å². The van der Waals surface area contributed by atoms with Crippen molar-refractivity contribution in [1.82, 2.24) is 0 Å². The molecule has 1 aliphatic heterocycles. The number of rotatable bonds is 9. The molecule has 0 spiro atoms. The molecule has 51 heavy (non-hydrogen) atoms. The van der Waals surface area contributed by atoms with Gasteiger partial charge in [0.05, 0.1) is 22.8 Å². The summed E-state index contributed by atoms with van der Waals surface area (Å²) in [5, 5.41) is 0. The van der Waals surface area contributed by atoms with Gasteiger partial charge >= 0.3 is 0 Å². The van der Waals surface area contributed by atoms with E-state index in [-0.39, 0.29) is 23.7 Å². The predicted octanol–water partition coefficient (Wildman–Crippen LogP) is 13.2. The van der Waals surface area contributed by atoms with E-state index in [1.165, 1.54) is 55.6 Å². The van der Waals surface area contributed by atoms with Crippen LogP contribution in [0.1, 0.15) is 113 Å². The van der Waals surface area contributed by atoms with Crippen molar-refractivity contribution >= 4 is 22.8 Å². The smallest absolute Gasteiger partial charge is 0.0710 e. The molecule has 0 amide bonds. The highest BCUT2D eigenvalue weighted by Crippen LogP contribution is 2.46. The summed E-state index contributed by atoms with van der Waals surface area (Å²) in [6, 6.07) is 52.8. The topological polar surface area (TPSA) is 24.7 Å². The Morgan fingerprint density at radius 2 is 0.980 bits per heavy atom. The Hall–Kier alpha value is -5.34. The molecule has 0 unspecified atom stereocenters. The van der Waals surface area contributed by atoms with E-state index < -0.39 is 0 Å². The van der Waals surface area contributed by atoms with Gasteiger partial charge in [0.2, 0.25) is 0 Å². The van der Waals surface area contributed by atoms with Gasteiger partial charge in [0.1, 0.15) is 0 Å². The summed E-state index contributed by atoms with van der Waals surface area (Å²) in [7, 11) is 0. The molecule has 0 fully saturated rings. The van der Waals surface area contributed by atoms with E-state index in [0.717, 1.165) is 29.2 Å². The second-order valence-electron chi connectivity index (χ2n) is 14.4. The quantitative estimate of drug-likeness (QED) is 0.137. The number of hydrogen-bond acceptors (Lipinski definition) is 2. The number of fused-ring (bicyclic) bond motifs is 1. The molecule has 0 aromatic heterocycles. The summed E-state index contributed by atoms with van der Waals surface area (Å²) in [6.07, 6.45) is 0.800. The van der Waals surface area contributed by atoms with Crippen LogP contribution in [0, 0.1) is 13.8 Å². The first kappa shape index (κ1) is 34.1. The average molecular weight is 665 g/mol. The molecule has 0 radical (unpaired) electrons. The van der Waals surface area contributed by atoms with Crippen LogP contribution in [0.4, 0.5) is 11.4 Å². The first-order chi connectivity index (χ1) is 24.8. The fraction of sp³-hybridized carbons (Fsp3) is 0.224. The van der Waals surface area contributed by atoms with Crippen molar-refractivity contribution in [3.8, 4) is 0 Å². The molecule has 2 nitrogen and oxygen atoms in total. The lowest BCUT2D eigenvalue weighted by Gasteiger charge is -2.29. The van der Waals surface area contributed by atoms with Crippen molar-refractivity contribution in [2.75, 3.05) is 0 Å². The van der Waals surface area contributed by atoms with Crippen LogP contribution in [0.25, 0.3) is 0 Å². The molecule has 0 N–H and O–H groups in total. The third-order valence-electron chi connectivity index (χ3n) is 10.8. The molecular formula is C49H48N2. The zero-order valence-corrected chi connectivity index (χ0v) is 30.8. The van der Waals surface area contributed by atoms with Crippen LogP contribution in [0.5, 0.6) is 0 Å². The SMILES string of the molecule is C/C(=N\c1c([C@H](C)c2ccccc2)cc(C)cc1[C@H](C)c1ccccc1)C1=Nc2c([C@H](C)c3ccccc3)cc(C)cc2[C@@H](c2ccccc2)C1. The van der Waals surface area contributed by atoms with E-state index in [9.17, 15) is 0 Å². The summed E-state index contributed by atoms with van der Waals surface area (Å²) in [5.74, 6) is 0.729. The summed E-state index contributed by atoms with van der Waals surface area (Å²) in [5.41, 5.74) is 17.0. The number of nitrogens with zero attached hydrogens (tertiary/aromatic N) is 2. The van der Waals surface area contributed by atoms with Crippen LogP contribution in [0.15, 0.2) is 156 Å². The molecule has 254 valence electrons. The first-order valence-electron chi connectivity index (χ1n) is 18.4. The molecule has 0 bridgehead atoms. The monoisotopic (exact) mass is 664 g/mol. The van der Waals surface area contributed by atoms with Crippen molar-refractivity contribution in [3.63, 3.8) is 0 Å². The lowest BCUT2D eigenvalue weighted by molar-refractivity contribution is 0.827. The highest BCUT2D eigenvalue weighted by Gasteiger charge is 2.30. The van der Waals surface area contributed by atoms with Gasteiger partial charge in [-0.1, -0.05) is 177 Å². The number of aliphatic imine (C=N–C) groups is 2. The second kappa shape index (κ2) is 14.9. The van der Waals surface area contributed by atoms with Gasteiger partial charge in [-0.25, -0.2) is 0 Å². The molecule has 2 heteroatoms. The van der Waals surface area contributed by atoms with Crippen LogP contribution in [-0.2, 0) is 0 Å². The van der Waals surface area contributed by atoms with Crippen molar-refractivity contribution in [2.45, 2.75) is 71.6 Å². The van der Waals surface area contributed by atoms with Crippen LogP contribution < -0.4 is 0 Å². The van der Waals surface area contributed by atoms with Gasteiger partial charge in [-0.15, -0.1) is 0 Å². The Labute approximate surface area is 304 Å². The Kier molecular flexibility index (Phi) is 9.95. The van der Waals surface area contributed by atoms with Crippen LogP contribution in [0.2, 0.25) is 0 Å². The highest BCUT2D eigenvalue weighted by molar-refractivity contribution is 6.43. The van der Waals surface area contributed by atoms with Gasteiger partial charge in [0, 0.05) is 30.1 Å². The Morgan fingerprint density at radius 1 is 0.569 bits per heavy atom.